The number of aromatic nitrogens is 2. The molecule has 0 aliphatic heterocycles. The molecule has 1 heterocycles. The topological polar surface area (TPSA) is 108 Å². The maximum atomic E-state index is 12.1. The molecular formula is C17H12ClN3O5. The maximum Gasteiger partial charge on any atom is 0.340 e. The quantitative estimate of drug-likeness (QED) is 0.378. The van der Waals surface area contributed by atoms with E-state index in [1.54, 1.807) is 0 Å². The third kappa shape index (κ3) is 3.86. The summed E-state index contributed by atoms with van der Waals surface area (Å²) in [5, 5.41) is 18.4. The van der Waals surface area contributed by atoms with Gasteiger partial charge in [0.2, 0.25) is 5.89 Å². The van der Waals surface area contributed by atoms with Gasteiger partial charge >= 0.3 is 5.97 Å². The number of hydrogen-bond acceptors (Lipinski definition) is 7. The number of benzene rings is 2. The number of nitrogens with zero attached hydrogens (tertiary/aromatic N) is 3. The van der Waals surface area contributed by atoms with Gasteiger partial charge in [-0.25, -0.2) is 4.79 Å². The molecule has 0 aliphatic carbocycles. The Bertz CT molecular complexity index is 986. The highest BCUT2D eigenvalue weighted by Crippen LogP contribution is 2.24. The fourth-order valence-corrected chi connectivity index (χ4v) is 2.45. The van der Waals surface area contributed by atoms with Crippen molar-refractivity contribution in [3.05, 3.63) is 74.6 Å². The van der Waals surface area contributed by atoms with Gasteiger partial charge in [-0.3, -0.25) is 10.1 Å². The number of aryl methyl sites for hydroxylation is 1. The van der Waals surface area contributed by atoms with Crippen LogP contribution in [0.4, 0.5) is 5.69 Å². The van der Waals surface area contributed by atoms with E-state index in [0.29, 0.717) is 5.89 Å². The zero-order valence-electron chi connectivity index (χ0n) is 13.5. The summed E-state index contributed by atoms with van der Waals surface area (Å²) in [5.41, 5.74) is 1.59. The van der Waals surface area contributed by atoms with Crippen molar-refractivity contribution in [1.29, 1.82) is 0 Å². The second kappa shape index (κ2) is 7.32. The highest BCUT2D eigenvalue weighted by atomic mass is 35.5. The molecule has 2 aromatic carbocycles. The van der Waals surface area contributed by atoms with E-state index in [1.165, 1.54) is 12.1 Å². The van der Waals surface area contributed by atoms with E-state index in [-0.39, 0.29) is 28.8 Å². The van der Waals surface area contributed by atoms with Crippen molar-refractivity contribution >= 4 is 23.3 Å². The van der Waals surface area contributed by atoms with Crippen LogP contribution in [-0.4, -0.2) is 21.1 Å². The van der Waals surface area contributed by atoms with Crippen molar-refractivity contribution in [1.82, 2.24) is 10.2 Å². The molecule has 0 saturated carbocycles. The first-order chi connectivity index (χ1) is 12.4. The van der Waals surface area contributed by atoms with Crippen LogP contribution in [0.1, 0.15) is 21.8 Å². The second-order valence-electron chi connectivity index (χ2n) is 5.37. The summed E-state index contributed by atoms with van der Waals surface area (Å²) >= 11 is 5.89. The number of non-ortho nitro benzene ring substituents is 1. The number of rotatable bonds is 5. The molecule has 0 saturated heterocycles. The van der Waals surface area contributed by atoms with E-state index in [4.69, 9.17) is 20.8 Å². The SMILES string of the molecule is Cc1cccc(-c2nnc(COC(=O)c3ccc([N+](=O)[O-])cc3Cl)o2)c1. The average molecular weight is 374 g/mol. The molecule has 3 rings (SSSR count). The predicted molar refractivity (Wildman–Crippen MR) is 91.7 cm³/mol. The molecule has 0 radical (unpaired) electrons. The standard InChI is InChI=1S/C17H12ClN3O5/c1-10-3-2-4-11(7-10)16-20-19-15(26-16)9-25-17(22)13-6-5-12(21(23)24)8-14(13)18/h2-8H,9H2,1H3. The Morgan fingerprint density at radius 3 is 2.77 bits per heavy atom. The summed E-state index contributed by atoms with van der Waals surface area (Å²) in [6, 6.07) is 11.0. The molecule has 9 heteroatoms. The highest BCUT2D eigenvalue weighted by Gasteiger charge is 2.17. The van der Waals surface area contributed by atoms with Gasteiger partial charge in [0.25, 0.3) is 11.6 Å². The normalized spacial score (nSPS) is 10.5. The summed E-state index contributed by atoms with van der Waals surface area (Å²) in [7, 11) is 0. The molecule has 0 bridgehead atoms. The first kappa shape index (κ1) is 17.6. The van der Waals surface area contributed by atoms with E-state index in [0.717, 1.165) is 17.2 Å². The Hall–Kier alpha value is -3.26. The van der Waals surface area contributed by atoms with Gasteiger partial charge in [-0.2, -0.15) is 0 Å². The molecule has 1 aromatic heterocycles. The summed E-state index contributed by atoms with van der Waals surface area (Å²) in [5.74, 6) is -0.318. The molecule has 0 amide bonds. The van der Waals surface area contributed by atoms with Crippen LogP contribution >= 0.6 is 11.6 Å². The third-order valence-corrected chi connectivity index (χ3v) is 3.75. The number of nitro groups is 1. The van der Waals surface area contributed by atoms with E-state index < -0.39 is 10.9 Å². The second-order valence-corrected chi connectivity index (χ2v) is 5.78. The van der Waals surface area contributed by atoms with Crippen LogP contribution in [0.15, 0.2) is 46.9 Å². The lowest BCUT2D eigenvalue weighted by atomic mass is 10.1. The molecule has 0 N–H and O–H groups in total. The number of hydrogen-bond donors (Lipinski definition) is 0. The number of nitro benzene ring substituents is 1. The number of halogens is 1. The fraction of sp³-hybridized carbons (Fsp3) is 0.118. The molecule has 3 aromatic rings. The monoisotopic (exact) mass is 373 g/mol. The molecule has 0 fully saturated rings. The van der Waals surface area contributed by atoms with Gasteiger partial charge in [-0.1, -0.05) is 29.3 Å². The maximum absolute atomic E-state index is 12.1. The Morgan fingerprint density at radius 2 is 2.08 bits per heavy atom. The molecule has 26 heavy (non-hydrogen) atoms. The van der Waals surface area contributed by atoms with Crippen molar-refractivity contribution < 1.29 is 18.9 Å². The highest BCUT2D eigenvalue weighted by molar-refractivity contribution is 6.33. The third-order valence-electron chi connectivity index (χ3n) is 3.44. The smallest absolute Gasteiger partial charge is 0.340 e. The van der Waals surface area contributed by atoms with Crippen molar-refractivity contribution in [2.45, 2.75) is 13.5 Å². The van der Waals surface area contributed by atoms with Gasteiger partial charge < -0.3 is 9.15 Å². The van der Waals surface area contributed by atoms with Crippen LogP contribution in [0.3, 0.4) is 0 Å². The average Bonchev–Trinajstić information content (AvgIpc) is 3.08. The number of carbonyl (C=O) groups is 1. The lowest BCUT2D eigenvalue weighted by Gasteiger charge is -2.04. The zero-order valence-corrected chi connectivity index (χ0v) is 14.3. The Labute approximate surface area is 152 Å². The van der Waals surface area contributed by atoms with Crippen LogP contribution in [0, 0.1) is 17.0 Å². The van der Waals surface area contributed by atoms with Crippen LogP contribution in [0.5, 0.6) is 0 Å². The lowest BCUT2D eigenvalue weighted by molar-refractivity contribution is -0.384. The number of ether oxygens (including phenoxy) is 1. The van der Waals surface area contributed by atoms with Crippen molar-refractivity contribution in [3.63, 3.8) is 0 Å². The first-order valence-corrected chi connectivity index (χ1v) is 7.82. The Balaban J connectivity index is 1.68. The molecule has 8 nitrogen and oxygen atoms in total. The van der Waals surface area contributed by atoms with Crippen molar-refractivity contribution in [2.75, 3.05) is 0 Å². The van der Waals surface area contributed by atoms with Gasteiger partial charge in [0, 0.05) is 17.7 Å². The summed E-state index contributed by atoms with van der Waals surface area (Å²) in [6.07, 6.45) is 0. The molecule has 0 atom stereocenters. The largest absolute Gasteiger partial charge is 0.452 e. The molecule has 0 unspecified atom stereocenters. The molecule has 0 aliphatic rings. The lowest BCUT2D eigenvalue weighted by Crippen LogP contribution is -2.06. The van der Waals surface area contributed by atoms with Gasteiger partial charge in [0.15, 0.2) is 6.61 Å². The zero-order chi connectivity index (χ0) is 18.7. The fourth-order valence-electron chi connectivity index (χ4n) is 2.19. The number of esters is 1. The molecular weight excluding hydrogens is 362 g/mol. The summed E-state index contributed by atoms with van der Waals surface area (Å²) in [6.45, 7) is 1.70. The number of carbonyl (C=O) groups excluding carboxylic acids is 1. The predicted octanol–water partition coefficient (Wildman–Crippen LogP) is 3.96. The van der Waals surface area contributed by atoms with Crippen LogP contribution < -0.4 is 0 Å². The van der Waals surface area contributed by atoms with Crippen LogP contribution in [0.2, 0.25) is 5.02 Å². The van der Waals surface area contributed by atoms with Gasteiger partial charge in [-0.15, -0.1) is 10.2 Å². The van der Waals surface area contributed by atoms with E-state index >= 15 is 0 Å². The Kier molecular flexibility index (Phi) is 4.94. The van der Waals surface area contributed by atoms with Crippen LogP contribution in [-0.2, 0) is 11.3 Å². The van der Waals surface area contributed by atoms with Crippen molar-refractivity contribution in [3.8, 4) is 11.5 Å². The first-order valence-electron chi connectivity index (χ1n) is 7.44. The minimum atomic E-state index is -0.750. The van der Waals surface area contributed by atoms with Crippen LogP contribution in [0.25, 0.3) is 11.5 Å². The van der Waals surface area contributed by atoms with Crippen molar-refractivity contribution in [2.24, 2.45) is 0 Å². The minimum absolute atomic E-state index is 0.00990. The van der Waals surface area contributed by atoms with E-state index in [9.17, 15) is 14.9 Å². The summed E-state index contributed by atoms with van der Waals surface area (Å²) < 4.78 is 10.5. The summed E-state index contributed by atoms with van der Waals surface area (Å²) in [4.78, 5) is 22.2. The van der Waals surface area contributed by atoms with E-state index in [1.807, 2.05) is 31.2 Å². The Morgan fingerprint density at radius 1 is 1.27 bits per heavy atom. The minimum Gasteiger partial charge on any atom is -0.452 e. The van der Waals surface area contributed by atoms with Gasteiger partial charge in [-0.05, 0) is 25.1 Å². The molecule has 132 valence electrons. The van der Waals surface area contributed by atoms with E-state index in [2.05, 4.69) is 10.2 Å². The van der Waals surface area contributed by atoms with Gasteiger partial charge in [0.05, 0.1) is 15.5 Å². The molecule has 0 spiro atoms. The van der Waals surface area contributed by atoms with Gasteiger partial charge in [0.1, 0.15) is 0 Å².